The number of aromatic nitrogens is 1. The minimum Gasteiger partial charge on any atom is -0.438 e. The lowest BCUT2D eigenvalue weighted by Gasteiger charge is -2.26. The van der Waals surface area contributed by atoms with Crippen LogP contribution in [0.25, 0.3) is 22.2 Å². The zero-order valence-corrected chi connectivity index (χ0v) is 16.2. The normalized spacial score (nSPS) is 17.6. The summed E-state index contributed by atoms with van der Waals surface area (Å²) in [6.07, 6.45) is 2.45. The molecule has 1 aromatic heterocycles. The molecule has 0 saturated carbocycles. The molecule has 1 saturated heterocycles. The molecular weight excluding hydrogens is 336 g/mol. The third kappa shape index (κ3) is 3.75. The second-order valence-corrected chi connectivity index (χ2v) is 8.58. The summed E-state index contributed by atoms with van der Waals surface area (Å²) < 4.78 is 6.05. The quantitative estimate of drug-likeness (QED) is 0.610. The van der Waals surface area contributed by atoms with Gasteiger partial charge in [-0.1, -0.05) is 57.2 Å². The van der Waals surface area contributed by atoms with Gasteiger partial charge in [0.05, 0.1) is 0 Å². The summed E-state index contributed by atoms with van der Waals surface area (Å²) in [6, 6.07) is 16.3. The summed E-state index contributed by atoms with van der Waals surface area (Å²) in [5, 5.41) is 0. The number of oxazole rings is 1. The minimum absolute atomic E-state index is 0.0177. The lowest BCUT2D eigenvalue weighted by molar-refractivity contribution is -0.134. The lowest BCUT2D eigenvalue weighted by Crippen LogP contribution is -2.33. The maximum Gasteiger partial charge on any atom is 0.223 e. The molecule has 1 aliphatic heterocycles. The van der Waals surface area contributed by atoms with Crippen LogP contribution in [0, 0.1) is 5.41 Å². The Morgan fingerprint density at radius 2 is 1.93 bits per heavy atom. The number of carbonyl (C=O) groups excluding carboxylic acids is 1. The molecule has 1 atom stereocenters. The van der Waals surface area contributed by atoms with Gasteiger partial charge < -0.3 is 9.32 Å². The maximum absolute atomic E-state index is 12.8. The van der Waals surface area contributed by atoms with E-state index in [4.69, 9.17) is 9.40 Å². The van der Waals surface area contributed by atoms with Crippen molar-refractivity contribution in [3.63, 3.8) is 0 Å². The molecule has 1 amide bonds. The lowest BCUT2D eigenvalue weighted by atomic mass is 9.91. The van der Waals surface area contributed by atoms with Crippen LogP contribution in [0.5, 0.6) is 0 Å². The molecule has 4 heteroatoms. The summed E-state index contributed by atoms with van der Waals surface area (Å²) in [7, 11) is 0. The molecule has 0 aliphatic carbocycles. The van der Waals surface area contributed by atoms with Crippen LogP contribution in [0.2, 0.25) is 0 Å². The van der Waals surface area contributed by atoms with E-state index in [2.05, 4.69) is 45.0 Å². The summed E-state index contributed by atoms with van der Waals surface area (Å²) in [5.74, 6) is 0.854. The van der Waals surface area contributed by atoms with Gasteiger partial charge in [-0.15, -0.1) is 0 Å². The number of carbonyl (C=O) groups is 1. The fourth-order valence-electron chi connectivity index (χ4n) is 3.78. The molecule has 1 aliphatic rings. The number of hydrogen-bond acceptors (Lipinski definition) is 3. The van der Waals surface area contributed by atoms with E-state index in [9.17, 15) is 4.79 Å². The largest absolute Gasteiger partial charge is 0.438 e. The fraction of sp³-hybridized carbons (Fsp3) is 0.391. The second kappa shape index (κ2) is 6.84. The van der Waals surface area contributed by atoms with Gasteiger partial charge in [0.2, 0.25) is 11.8 Å². The Bertz CT molecular complexity index is 953. The van der Waals surface area contributed by atoms with Gasteiger partial charge in [-0.3, -0.25) is 4.79 Å². The predicted molar refractivity (Wildman–Crippen MR) is 107 cm³/mol. The van der Waals surface area contributed by atoms with Gasteiger partial charge in [0.15, 0.2) is 5.58 Å². The van der Waals surface area contributed by atoms with Crippen molar-refractivity contribution in [1.29, 1.82) is 0 Å². The Hall–Kier alpha value is -2.62. The molecule has 0 N–H and O–H groups in total. The van der Waals surface area contributed by atoms with Crippen molar-refractivity contribution in [2.75, 3.05) is 6.54 Å². The van der Waals surface area contributed by atoms with Crippen molar-refractivity contribution in [1.82, 2.24) is 9.88 Å². The molecule has 27 heavy (non-hydrogen) atoms. The average Bonchev–Trinajstić information content (AvgIpc) is 3.27. The van der Waals surface area contributed by atoms with Crippen molar-refractivity contribution in [2.24, 2.45) is 5.41 Å². The molecule has 1 fully saturated rings. The third-order valence-corrected chi connectivity index (χ3v) is 5.05. The van der Waals surface area contributed by atoms with Gasteiger partial charge >= 0.3 is 0 Å². The Morgan fingerprint density at radius 3 is 2.67 bits per heavy atom. The molecular formula is C23H26N2O2. The topological polar surface area (TPSA) is 46.3 Å². The highest BCUT2D eigenvalue weighted by atomic mass is 16.3. The van der Waals surface area contributed by atoms with E-state index in [0.717, 1.165) is 41.6 Å². The van der Waals surface area contributed by atoms with E-state index in [0.29, 0.717) is 12.3 Å². The number of benzene rings is 2. The summed E-state index contributed by atoms with van der Waals surface area (Å²) in [6.45, 7) is 7.08. The van der Waals surface area contributed by atoms with Crippen molar-refractivity contribution < 1.29 is 9.21 Å². The van der Waals surface area contributed by atoms with Gasteiger partial charge in [-0.25, -0.2) is 4.98 Å². The standard InChI is InChI=1S/C23H26N2O2/c1-23(2,3)15-21(26)25-13-7-10-19(25)22-24-18-14-17(11-12-20(18)27-22)16-8-5-4-6-9-16/h4-6,8-9,11-12,14,19H,7,10,13,15H2,1-3H3/t19-/m0/s1. The molecule has 4 rings (SSSR count). The van der Waals surface area contributed by atoms with Crippen LogP contribution in [-0.4, -0.2) is 22.3 Å². The monoisotopic (exact) mass is 362 g/mol. The molecule has 0 unspecified atom stereocenters. The Balaban J connectivity index is 1.62. The van der Waals surface area contributed by atoms with E-state index in [1.165, 1.54) is 0 Å². The first-order valence-corrected chi connectivity index (χ1v) is 9.66. The number of amides is 1. The molecule has 2 aromatic carbocycles. The molecule has 0 bridgehead atoms. The molecule has 0 spiro atoms. The van der Waals surface area contributed by atoms with E-state index in [1.807, 2.05) is 29.2 Å². The van der Waals surface area contributed by atoms with Crippen LogP contribution in [-0.2, 0) is 4.79 Å². The Morgan fingerprint density at radius 1 is 1.15 bits per heavy atom. The predicted octanol–water partition coefficient (Wildman–Crippen LogP) is 5.59. The van der Waals surface area contributed by atoms with Gasteiger partial charge in [-0.05, 0) is 41.5 Å². The van der Waals surface area contributed by atoms with E-state index in [-0.39, 0.29) is 17.4 Å². The van der Waals surface area contributed by atoms with E-state index >= 15 is 0 Å². The smallest absolute Gasteiger partial charge is 0.223 e. The van der Waals surface area contributed by atoms with Gasteiger partial charge in [0.25, 0.3) is 0 Å². The highest BCUT2D eigenvalue weighted by molar-refractivity contribution is 5.81. The molecule has 3 aromatic rings. The number of hydrogen-bond donors (Lipinski definition) is 0. The van der Waals surface area contributed by atoms with Gasteiger partial charge in [0.1, 0.15) is 11.6 Å². The number of fused-ring (bicyclic) bond motifs is 1. The first-order chi connectivity index (χ1) is 12.9. The summed E-state index contributed by atoms with van der Waals surface area (Å²) in [5.41, 5.74) is 3.89. The number of likely N-dealkylation sites (tertiary alicyclic amines) is 1. The first kappa shape index (κ1) is 17.8. The highest BCUT2D eigenvalue weighted by Crippen LogP contribution is 2.35. The van der Waals surface area contributed by atoms with Crippen LogP contribution in [0.4, 0.5) is 0 Å². The van der Waals surface area contributed by atoms with Crippen molar-refractivity contribution in [2.45, 2.75) is 46.1 Å². The zero-order chi connectivity index (χ0) is 19.0. The van der Waals surface area contributed by atoms with Crippen LogP contribution >= 0.6 is 0 Å². The molecule has 2 heterocycles. The minimum atomic E-state index is -0.0487. The highest BCUT2D eigenvalue weighted by Gasteiger charge is 2.34. The first-order valence-electron chi connectivity index (χ1n) is 9.66. The van der Waals surface area contributed by atoms with Crippen molar-refractivity contribution in [3.05, 3.63) is 54.4 Å². The van der Waals surface area contributed by atoms with Crippen LogP contribution in [0.15, 0.2) is 52.9 Å². The van der Waals surface area contributed by atoms with Gasteiger partial charge in [0, 0.05) is 13.0 Å². The van der Waals surface area contributed by atoms with Crippen molar-refractivity contribution in [3.8, 4) is 11.1 Å². The maximum atomic E-state index is 12.8. The molecule has 140 valence electrons. The summed E-state index contributed by atoms with van der Waals surface area (Å²) >= 11 is 0. The SMILES string of the molecule is CC(C)(C)CC(=O)N1CCC[C@H]1c1nc2cc(-c3ccccc3)ccc2o1. The second-order valence-electron chi connectivity index (χ2n) is 8.58. The third-order valence-electron chi connectivity index (χ3n) is 5.05. The number of rotatable bonds is 3. The number of nitrogens with zero attached hydrogens (tertiary/aromatic N) is 2. The van der Waals surface area contributed by atoms with E-state index in [1.54, 1.807) is 0 Å². The van der Waals surface area contributed by atoms with E-state index < -0.39 is 0 Å². The zero-order valence-electron chi connectivity index (χ0n) is 16.2. The molecule has 0 radical (unpaired) electrons. The Kier molecular flexibility index (Phi) is 4.50. The van der Waals surface area contributed by atoms with Crippen molar-refractivity contribution >= 4 is 17.0 Å². The van der Waals surface area contributed by atoms with Crippen LogP contribution < -0.4 is 0 Å². The Labute approximate surface area is 160 Å². The summed E-state index contributed by atoms with van der Waals surface area (Å²) in [4.78, 5) is 19.5. The van der Waals surface area contributed by atoms with Crippen LogP contribution in [0.1, 0.15) is 52.0 Å². The van der Waals surface area contributed by atoms with Gasteiger partial charge in [-0.2, -0.15) is 0 Å². The van der Waals surface area contributed by atoms with Crippen LogP contribution in [0.3, 0.4) is 0 Å². The molecule has 4 nitrogen and oxygen atoms in total. The fourth-order valence-corrected chi connectivity index (χ4v) is 3.78. The average molecular weight is 362 g/mol.